The third kappa shape index (κ3) is 4.02. The summed E-state index contributed by atoms with van der Waals surface area (Å²) in [5, 5.41) is 0. The third-order valence-electron chi connectivity index (χ3n) is 5.69. The maximum absolute atomic E-state index is 11.4. The van der Waals surface area contributed by atoms with Crippen LogP contribution < -0.4 is 5.46 Å². The predicted molar refractivity (Wildman–Crippen MR) is 107 cm³/mol. The van der Waals surface area contributed by atoms with Gasteiger partial charge in [-0.15, -0.1) is 0 Å². The van der Waals surface area contributed by atoms with Gasteiger partial charge < -0.3 is 13.9 Å². The predicted octanol–water partition coefficient (Wildman–Crippen LogP) is 3.39. The molecule has 6 heteroatoms. The number of benzene rings is 1. The fourth-order valence-corrected chi connectivity index (χ4v) is 3.18. The highest BCUT2D eigenvalue weighted by Gasteiger charge is 2.51. The number of carbonyl (C=O) groups is 1. The number of unbranched alkanes of at least 4 members (excludes halogenated alkanes) is 1. The number of hydrogen-bond acceptors (Lipinski definition) is 4. The summed E-state index contributed by atoms with van der Waals surface area (Å²) in [4.78, 5) is 15.8. The quantitative estimate of drug-likeness (QED) is 0.555. The molecule has 5 nitrogen and oxygen atoms in total. The van der Waals surface area contributed by atoms with E-state index in [9.17, 15) is 4.79 Å². The fraction of sp³-hybridized carbons (Fsp3) is 0.524. The van der Waals surface area contributed by atoms with Crippen LogP contribution in [0.2, 0.25) is 0 Å². The van der Waals surface area contributed by atoms with Gasteiger partial charge in [-0.2, -0.15) is 0 Å². The first-order valence-electron chi connectivity index (χ1n) is 9.71. The maximum Gasteiger partial charge on any atom is 0.494 e. The second-order valence-electron chi connectivity index (χ2n) is 8.24. The molecule has 1 aliphatic heterocycles. The molecule has 0 unspecified atom stereocenters. The van der Waals surface area contributed by atoms with Crippen LogP contribution in [-0.2, 0) is 22.3 Å². The Morgan fingerprint density at radius 1 is 1.11 bits per heavy atom. The van der Waals surface area contributed by atoms with Gasteiger partial charge in [-0.1, -0.05) is 37.6 Å². The molecule has 3 rings (SSSR count). The van der Waals surface area contributed by atoms with E-state index in [0.29, 0.717) is 12.2 Å². The summed E-state index contributed by atoms with van der Waals surface area (Å²) < 4.78 is 14.2. The lowest BCUT2D eigenvalue weighted by Crippen LogP contribution is -2.41. The van der Waals surface area contributed by atoms with Crippen molar-refractivity contribution in [2.45, 2.75) is 71.6 Å². The largest absolute Gasteiger partial charge is 0.494 e. The van der Waals surface area contributed by atoms with Crippen molar-refractivity contribution >= 4 is 18.9 Å². The van der Waals surface area contributed by atoms with Gasteiger partial charge in [-0.3, -0.25) is 4.79 Å². The highest BCUT2D eigenvalue weighted by Crippen LogP contribution is 2.36. The molecule has 0 spiro atoms. The molecule has 0 aliphatic carbocycles. The average molecular weight is 368 g/mol. The first-order chi connectivity index (χ1) is 12.8. The third-order valence-corrected chi connectivity index (χ3v) is 5.69. The van der Waals surface area contributed by atoms with E-state index in [0.717, 1.165) is 42.4 Å². The smallest absolute Gasteiger partial charge is 0.399 e. The summed E-state index contributed by atoms with van der Waals surface area (Å²) >= 11 is 0. The summed E-state index contributed by atoms with van der Waals surface area (Å²) in [6.07, 6.45) is 5.59. The molecule has 27 heavy (non-hydrogen) atoms. The number of imidazole rings is 1. The minimum atomic E-state index is -0.358. The van der Waals surface area contributed by atoms with E-state index in [1.165, 1.54) is 0 Å². The lowest BCUT2D eigenvalue weighted by atomic mass is 9.79. The van der Waals surface area contributed by atoms with E-state index in [1.54, 1.807) is 6.20 Å². The molecule has 1 aromatic heterocycles. The number of aldehydes is 1. The molecule has 0 atom stereocenters. The Morgan fingerprint density at radius 2 is 1.74 bits per heavy atom. The summed E-state index contributed by atoms with van der Waals surface area (Å²) in [6.45, 7) is 11.0. The molecule has 1 aliphatic rings. The van der Waals surface area contributed by atoms with Crippen molar-refractivity contribution in [2.75, 3.05) is 0 Å². The number of aryl methyl sites for hydroxylation is 1. The van der Waals surface area contributed by atoms with Crippen LogP contribution in [0, 0.1) is 0 Å². The van der Waals surface area contributed by atoms with Crippen LogP contribution in [0.25, 0.3) is 0 Å². The molecular formula is C21H29BN2O3. The number of nitrogens with zero attached hydrogens (tertiary/aromatic N) is 2. The van der Waals surface area contributed by atoms with Gasteiger partial charge in [0.15, 0.2) is 6.29 Å². The molecule has 0 bridgehead atoms. The van der Waals surface area contributed by atoms with Crippen LogP contribution in [0.1, 0.15) is 69.3 Å². The average Bonchev–Trinajstić information content (AvgIpc) is 3.10. The van der Waals surface area contributed by atoms with Crippen molar-refractivity contribution in [3.8, 4) is 0 Å². The van der Waals surface area contributed by atoms with Gasteiger partial charge in [0.1, 0.15) is 11.5 Å². The van der Waals surface area contributed by atoms with Crippen LogP contribution in [0.15, 0.2) is 30.5 Å². The van der Waals surface area contributed by atoms with E-state index in [4.69, 9.17) is 9.31 Å². The molecule has 0 radical (unpaired) electrons. The Bertz CT molecular complexity index is 780. The van der Waals surface area contributed by atoms with Crippen LogP contribution in [0.4, 0.5) is 0 Å². The van der Waals surface area contributed by atoms with Crippen LogP contribution in [0.5, 0.6) is 0 Å². The molecular weight excluding hydrogens is 339 g/mol. The second-order valence-corrected chi connectivity index (χ2v) is 8.24. The van der Waals surface area contributed by atoms with Gasteiger partial charge in [-0.05, 0) is 45.1 Å². The highest BCUT2D eigenvalue weighted by atomic mass is 16.7. The Morgan fingerprint density at radius 3 is 2.30 bits per heavy atom. The van der Waals surface area contributed by atoms with Crippen LogP contribution in [0.3, 0.4) is 0 Å². The van der Waals surface area contributed by atoms with Crippen LogP contribution >= 0.6 is 0 Å². The van der Waals surface area contributed by atoms with E-state index in [2.05, 4.69) is 51.7 Å². The van der Waals surface area contributed by atoms with Gasteiger partial charge >= 0.3 is 7.12 Å². The molecule has 1 fully saturated rings. The first-order valence-corrected chi connectivity index (χ1v) is 9.71. The summed E-state index contributed by atoms with van der Waals surface area (Å²) in [7, 11) is -0.358. The van der Waals surface area contributed by atoms with Gasteiger partial charge in [0.05, 0.1) is 17.4 Å². The van der Waals surface area contributed by atoms with Gasteiger partial charge in [0.25, 0.3) is 0 Å². The molecule has 0 saturated carbocycles. The Hall–Kier alpha value is -1.92. The Kier molecular flexibility index (Phi) is 5.59. The first kappa shape index (κ1) is 19.8. The lowest BCUT2D eigenvalue weighted by molar-refractivity contribution is 0.00578. The summed E-state index contributed by atoms with van der Waals surface area (Å²) in [5.74, 6) is 0.967. The van der Waals surface area contributed by atoms with Gasteiger partial charge in [0.2, 0.25) is 0 Å². The zero-order valence-corrected chi connectivity index (χ0v) is 17.0. The van der Waals surface area contributed by atoms with Crippen molar-refractivity contribution < 1.29 is 14.1 Å². The van der Waals surface area contributed by atoms with E-state index < -0.39 is 0 Å². The fourth-order valence-electron chi connectivity index (χ4n) is 3.18. The number of carbonyl (C=O) groups excluding carboxylic acids is 1. The van der Waals surface area contributed by atoms with Crippen molar-refractivity contribution in [3.05, 3.63) is 47.5 Å². The van der Waals surface area contributed by atoms with Crippen molar-refractivity contribution in [1.82, 2.24) is 9.55 Å². The monoisotopic (exact) mass is 368 g/mol. The molecule has 1 aromatic carbocycles. The van der Waals surface area contributed by atoms with Crippen LogP contribution in [-0.4, -0.2) is 34.2 Å². The van der Waals surface area contributed by atoms with E-state index in [1.807, 2.05) is 16.7 Å². The molecule has 2 heterocycles. The molecule has 144 valence electrons. The van der Waals surface area contributed by atoms with Crippen molar-refractivity contribution in [2.24, 2.45) is 0 Å². The summed E-state index contributed by atoms with van der Waals surface area (Å²) in [6, 6.07) is 8.22. The minimum absolute atomic E-state index is 0.347. The SMILES string of the molecule is CCCCc1ncc(C=O)n1Cc1ccc(B2OC(C)(C)C(C)(C)O2)cc1. The standard InChI is InChI=1S/C21H29BN2O3/c1-6-7-8-19-23-13-18(15-25)24(19)14-16-9-11-17(12-10-16)22-26-20(2,3)21(4,5)27-22/h9-13,15H,6-8,14H2,1-5H3. The zero-order valence-electron chi connectivity index (χ0n) is 17.0. The van der Waals surface area contributed by atoms with E-state index in [-0.39, 0.29) is 18.3 Å². The Labute approximate surface area is 162 Å². The zero-order chi connectivity index (χ0) is 19.7. The molecule has 0 N–H and O–H groups in total. The van der Waals surface area contributed by atoms with Crippen molar-refractivity contribution in [1.29, 1.82) is 0 Å². The number of rotatable bonds is 7. The van der Waals surface area contributed by atoms with E-state index >= 15 is 0 Å². The molecule has 1 saturated heterocycles. The maximum atomic E-state index is 11.4. The number of aromatic nitrogens is 2. The second kappa shape index (κ2) is 7.60. The summed E-state index contributed by atoms with van der Waals surface area (Å²) in [5.41, 5.74) is 2.05. The Balaban J connectivity index is 1.76. The molecule has 0 amide bonds. The van der Waals surface area contributed by atoms with Gasteiger partial charge in [0, 0.05) is 13.0 Å². The number of hydrogen-bond donors (Lipinski definition) is 0. The highest BCUT2D eigenvalue weighted by molar-refractivity contribution is 6.62. The normalized spacial score (nSPS) is 18.0. The van der Waals surface area contributed by atoms with Crippen molar-refractivity contribution in [3.63, 3.8) is 0 Å². The van der Waals surface area contributed by atoms with Gasteiger partial charge in [-0.25, -0.2) is 4.98 Å². The topological polar surface area (TPSA) is 53.4 Å². The lowest BCUT2D eigenvalue weighted by Gasteiger charge is -2.32. The molecule has 2 aromatic rings. The minimum Gasteiger partial charge on any atom is -0.399 e.